The number of halogens is 1. The quantitative estimate of drug-likeness (QED) is 0.310. The first-order chi connectivity index (χ1) is 12.7. The van der Waals surface area contributed by atoms with Crippen molar-refractivity contribution in [2.45, 2.75) is 6.42 Å². The van der Waals surface area contributed by atoms with Gasteiger partial charge in [-0.3, -0.25) is 0 Å². The van der Waals surface area contributed by atoms with Gasteiger partial charge in [-0.15, -0.1) is 10.2 Å². The van der Waals surface area contributed by atoms with E-state index in [1.165, 1.54) is 5.56 Å². The molecule has 0 saturated carbocycles. The molecule has 0 amide bonds. The van der Waals surface area contributed by atoms with Crippen molar-refractivity contribution in [2.75, 3.05) is 32.7 Å². The number of nitrogens with zero attached hydrogens (tertiary/aromatic N) is 2. The molecule has 1 heterocycles. The van der Waals surface area contributed by atoms with Crippen molar-refractivity contribution in [3.8, 4) is 22.9 Å². The van der Waals surface area contributed by atoms with Gasteiger partial charge >= 0.3 is 0 Å². The lowest BCUT2D eigenvalue weighted by Gasteiger charge is -2.04. The molecule has 136 valence electrons. The molecule has 0 aliphatic heterocycles. The predicted octanol–water partition coefficient (Wildman–Crippen LogP) is 3.80. The standard InChI is InChI=1S/C19H20IN3O3/c1-24-10-11-25-9-8-13-2-4-14(5-3-13)18-22-23-19(26-18)16-12-15(20)6-7-17(16)21/h2-7,12H,8-11,21H2,1H3. The molecule has 0 unspecified atom stereocenters. The Hall–Kier alpha value is -1.97. The Bertz CT molecular complexity index is 849. The van der Waals surface area contributed by atoms with E-state index < -0.39 is 0 Å². The Labute approximate surface area is 165 Å². The molecule has 7 heteroatoms. The Kier molecular flexibility index (Phi) is 6.59. The summed E-state index contributed by atoms with van der Waals surface area (Å²) in [6, 6.07) is 13.7. The van der Waals surface area contributed by atoms with E-state index >= 15 is 0 Å². The third-order valence-corrected chi connectivity index (χ3v) is 4.51. The Morgan fingerprint density at radius 1 is 1.00 bits per heavy atom. The summed E-state index contributed by atoms with van der Waals surface area (Å²) >= 11 is 2.23. The van der Waals surface area contributed by atoms with Gasteiger partial charge in [0, 0.05) is 21.9 Å². The molecule has 1 aromatic heterocycles. The van der Waals surface area contributed by atoms with Gasteiger partial charge in [-0.25, -0.2) is 0 Å². The number of hydrogen-bond acceptors (Lipinski definition) is 6. The minimum absolute atomic E-state index is 0.423. The molecule has 3 aromatic rings. The molecule has 2 N–H and O–H groups in total. The number of anilines is 1. The first kappa shape index (κ1) is 18.8. The second-order valence-electron chi connectivity index (χ2n) is 5.70. The SMILES string of the molecule is COCCOCCc1ccc(-c2nnc(-c3cc(I)ccc3N)o2)cc1. The van der Waals surface area contributed by atoms with Crippen LogP contribution in [-0.4, -0.2) is 37.1 Å². The first-order valence-electron chi connectivity index (χ1n) is 8.22. The van der Waals surface area contributed by atoms with Crippen LogP contribution in [0.15, 0.2) is 46.9 Å². The third kappa shape index (κ3) is 4.80. The lowest BCUT2D eigenvalue weighted by Crippen LogP contribution is -2.04. The summed E-state index contributed by atoms with van der Waals surface area (Å²) in [5, 5.41) is 8.28. The van der Waals surface area contributed by atoms with E-state index in [1.807, 2.05) is 42.5 Å². The third-order valence-electron chi connectivity index (χ3n) is 3.84. The van der Waals surface area contributed by atoms with Crippen LogP contribution in [0.25, 0.3) is 22.9 Å². The maximum Gasteiger partial charge on any atom is 0.250 e. The average Bonchev–Trinajstić information content (AvgIpc) is 3.14. The van der Waals surface area contributed by atoms with Crippen molar-refractivity contribution in [1.82, 2.24) is 10.2 Å². The molecule has 0 saturated heterocycles. The molecular weight excluding hydrogens is 445 g/mol. The largest absolute Gasteiger partial charge is 0.416 e. The number of nitrogens with two attached hydrogens (primary N) is 1. The molecule has 3 rings (SSSR count). The summed E-state index contributed by atoms with van der Waals surface area (Å²) in [5.41, 5.74) is 9.44. The number of methoxy groups -OCH3 is 1. The van der Waals surface area contributed by atoms with Gasteiger partial charge in [0.25, 0.3) is 0 Å². The second-order valence-corrected chi connectivity index (χ2v) is 6.94. The number of rotatable bonds is 8. The lowest BCUT2D eigenvalue weighted by molar-refractivity contribution is 0.0722. The van der Waals surface area contributed by atoms with Crippen LogP contribution in [0.4, 0.5) is 5.69 Å². The van der Waals surface area contributed by atoms with Crippen molar-refractivity contribution in [2.24, 2.45) is 0 Å². The van der Waals surface area contributed by atoms with Crippen LogP contribution in [0.5, 0.6) is 0 Å². The Balaban J connectivity index is 1.67. The molecule has 0 atom stereocenters. The van der Waals surface area contributed by atoms with Gasteiger partial charge in [-0.05, 0) is 64.9 Å². The summed E-state index contributed by atoms with van der Waals surface area (Å²) in [4.78, 5) is 0. The average molecular weight is 465 g/mol. The van der Waals surface area contributed by atoms with Gasteiger partial charge in [0.15, 0.2) is 0 Å². The van der Waals surface area contributed by atoms with E-state index in [-0.39, 0.29) is 0 Å². The second kappa shape index (κ2) is 9.11. The van der Waals surface area contributed by atoms with Crippen LogP contribution < -0.4 is 5.73 Å². The molecule has 26 heavy (non-hydrogen) atoms. The number of benzene rings is 2. The van der Waals surface area contributed by atoms with Crippen LogP contribution in [0.1, 0.15) is 5.56 Å². The fourth-order valence-corrected chi connectivity index (χ4v) is 2.90. The van der Waals surface area contributed by atoms with E-state index in [4.69, 9.17) is 19.6 Å². The van der Waals surface area contributed by atoms with Crippen molar-refractivity contribution in [3.05, 3.63) is 51.6 Å². The van der Waals surface area contributed by atoms with Crippen LogP contribution in [0.3, 0.4) is 0 Å². The topological polar surface area (TPSA) is 83.4 Å². The molecule has 0 bridgehead atoms. The normalized spacial score (nSPS) is 11.0. The lowest BCUT2D eigenvalue weighted by atomic mass is 10.1. The highest BCUT2D eigenvalue weighted by Gasteiger charge is 2.13. The Morgan fingerprint density at radius 2 is 1.77 bits per heavy atom. The van der Waals surface area contributed by atoms with E-state index in [2.05, 4.69) is 32.8 Å². The number of aromatic nitrogens is 2. The van der Waals surface area contributed by atoms with E-state index in [0.717, 1.165) is 21.1 Å². The molecule has 0 aliphatic rings. The molecular formula is C19H20IN3O3. The predicted molar refractivity (Wildman–Crippen MR) is 109 cm³/mol. The highest BCUT2D eigenvalue weighted by atomic mass is 127. The van der Waals surface area contributed by atoms with E-state index in [1.54, 1.807) is 7.11 Å². The van der Waals surface area contributed by atoms with Crippen molar-refractivity contribution < 1.29 is 13.9 Å². The minimum Gasteiger partial charge on any atom is -0.416 e. The maximum atomic E-state index is 6.02. The highest BCUT2D eigenvalue weighted by molar-refractivity contribution is 14.1. The van der Waals surface area contributed by atoms with E-state index in [9.17, 15) is 0 Å². The minimum atomic E-state index is 0.423. The molecule has 0 spiro atoms. The van der Waals surface area contributed by atoms with Gasteiger partial charge < -0.3 is 19.6 Å². The number of hydrogen-bond donors (Lipinski definition) is 1. The summed E-state index contributed by atoms with van der Waals surface area (Å²) in [6.07, 6.45) is 0.845. The summed E-state index contributed by atoms with van der Waals surface area (Å²) in [5.74, 6) is 0.896. The van der Waals surface area contributed by atoms with E-state index in [0.29, 0.717) is 37.3 Å². The van der Waals surface area contributed by atoms with Gasteiger partial charge in [-0.2, -0.15) is 0 Å². The van der Waals surface area contributed by atoms with Crippen LogP contribution in [0, 0.1) is 3.57 Å². The van der Waals surface area contributed by atoms with Crippen LogP contribution >= 0.6 is 22.6 Å². The monoisotopic (exact) mass is 465 g/mol. The maximum absolute atomic E-state index is 6.02. The zero-order valence-corrected chi connectivity index (χ0v) is 16.6. The van der Waals surface area contributed by atoms with Crippen molar-refractivity contribution in [3.63, 3.8) is 0 Å². The Morgan fingerprint density at radius 3 is 2.54 bits per heavy atom. The van der Waals surface area contributed by atoms with Gasteiger partial charge in [0.05, 0.1) is 25.4 Å². The number of ether oxygens (including phenoxy) is 2. The molecule has 0 radical (unpaired) electrons. The van der Waals surface area contributed by atoms with Crippen molar-refractivity contribution in [1.29, 1.82) is 0 Å². The first-order valence-corrected chi connectivity index (χ1v) is 9.30. The fourth-order valence-electron chi connectivity index (χ4n) is 2.41. The zero-order chi connectivity index (χ0) is 18.4. The molecule has 2 aromatic carbocycles. The number of nitrogen functional groups attached to an aromatic ring is 1. The molecule has 0 fully saturated rings. The summed E-state index contributed by atoms with van der Waals surface area (Å²) in [6.45, 7) is 1.89. The van der Waals surface area contributed by atoms with Crippen molar-refractivity contribution >= 4 is 28.3 Å². The molecule has 0 aliphatic carbocycles. The van der Waals surface area contributed by atoms with Crippen LogP contribution in [0.2, 0.25) is 0 Å². The van der Waals surface area contributed by atoms with Crippen LogP contribution in [-0.2, 0) is 15.9 Å². The fraction of sp³-hybridized carbons (Fsp3) is 0.263. The molecule has 6 nitrogen and oxygen atoms in total. The highest BCUT2D eigenvalue weighted by Crippen LogP contribution is 2.29. The smallest absolute Gasteiger partial charge is 0.250 e. The van der Waals surface area contributed by atoms with Gasteiger partial charge in [0.1, 0.15) is 0 Å². The zero-order valence-electron chi connectivity index (χ0n) is 14.4. The van der Waals surface area contributed by atoms with Gasteiger partial charge in [-0.1, -0.05) is 12.1 Å². The summed E-state index contributed by atoms with van der Waals surface area (Å²) < 4.78 is 17.3. The summed E-state index contributed by atoms with van der Waals surface area (Å²) in [7, 11) is 1.66. The van der Waals surface area contributed by atoms with Gasteiger partial charge in [0.2, 0.25) is 11.8 Å².